The highest BCUT2D eigenvalue weighted by molar-refractivity contribution is 7.09. The number of rotatable bonds is 5. The number of nitrogens with one attached hydrogen (secondary N) is 1. The maximum absolute atomic E-state index is 11.9. The number of carbonyl (C=O) groups is 1. The van der Waals surface area contributed by atoms with Gasteiger partial charge in [-0.1, -0.05) is 6.07 Å². The molecule has 22 heavy (non-hydrogen) atoms. The predicted molar refractivity (Wildman–Crippen MR) is 90.3 cm³/mol. The summed E-state index contributed by atoms with van der Waals surface area (Å²) in [6, 6.07) is 4.22. The van der Waals surface area contributed by atoms with Crippen LogP contribution in [-0.2, 0) is 16.0 Å². The van der Waals surface area contributed by atoms with Crippen LogP contribution >= 0.6 is 11.3 Å². The first kappa shape index (κ1) is 16.8. The topological polar surface area (TPSA) is 53.9 Å². The fourth-order valence-corrected chi connectivity index (χ4v) is 3.42. The Labute approximate surface area is 136 Å². The molecule has 1 aromatic rings. The molecule has 5 nitrogen and oxygen atoms in total. The van der Waals surface area contributed by atoms with Crippen LogP contribution in [-0.4, -0.2) is 50.1 Å². The summed E-state index contributed by atoms with van der Waals surface area (Å²) >= 11 is 1.77. The standard InChI is InChI=1S/C16H25N3O2S/c1-3-21-15(20)13-6-4-10-19(12-13)16(17-2)18-9-8-14-7-5-11-22-14/h5,7,11,13H,3-4,6,8-10,12H2,1-2H3,(H,17,18). The molecule has 1 fully saturated rings. The summed E-state index contributed by atoms with van der Waals surface area (Å²) in [7, 11) is 1.79. The number of carbonyl (C=O) groups excluding carboxylic acids is 1. The number of ether oxygens (including phenoxy) is 1. The number of hydrogen-bond acceptors (Lipinski definition) is 4. The molecule has 6 heteroatoms. The Morgan fingerprint density at radius 1 is 1.59 bits per heavy atom. The number of hydrogen-bond donors (Lipinski definition) is 1. The monoisotopic (exact) mass is 323 g/mol. The predicted octanol–water partition coefficient (Wildman–Crippen LogP) is 2.14. The van der Waals surface area contributed by atoms with Crippen LogP contribution in [0.15, 0.2) is 22.5 Å². The van der Waals surface area contributed by atoms with Crippen LogP contribution in [0.1, 0.15) is 24.6 Å². The van der Waals surface area contributed by atoms with E-state index >= 15 is 0 Å². The van der Waals surface area contributed by atoms with Crippen molar-refractivity contribution in [2.24, 2.45) is 10.9 Å². The zero-order valence-electron chi connectivity index (χ0n) is 13.4. The molecule has 1 atom stereocenters. The molecule has 0 aromatic carbocycles. The second kappa shape index (κ2) is 8.78. The molecule has 0 saturated carbocycles. The summed E-state index contributed by atoms with van der Waals surface area (Å²) in [5.41, 5.74) is 0. The van der Waals surface area contributed by atoms with Gasteiger partial charge in [-0.2, -0.15) is 0 Å². The fourth-order valence-electron chi connectivity index (χ4n) is 2.71. The zero-order chi connectivity index (χ0) is 15.8. The molecule has 0 amide bonds. The number of esters is 1. The summed E-state index contributed by atoms with van der Waals surface area (Å²) < 4.78 is 5.15. The van der Waals surface area contributed by atoms with Gasteiger partial charge in [-0.15, -0.1) is 11.3 Å². The SMILES string of the molecule is CCOC(=O)C1CCCN(C(=NC)NCCc2cccs2)C1. The number of thiophene rings is 1. The normalized spacial score (nSPS) is 19.1. The van der Waals surface area contributed by atoms with Crippen LogP contribution in [0.25, 0.3) is 0 Å². The smallest absolute Gasteiger partial charge is 0.310 e. The van der Waals surface area contributed by atoms with Crippen molar-refractivity contribution in [2.45, 2.75) is 26.2 Å². The summed E-state index contributed by atoms with van der Waals surface area (Å²) in [5, 5.41) is 5.50. The fraction of sp³-hybridized carbons (Fsp3) is 0.625. The Bertz CT molecular complexity index is 488. The lowest BCUT2D eigenvalue weighted by Crippen LogP contribution is -2.48. The van der Waals surface area contributed by atoms with E-state index in [0.717, 1.165) is 38.3 Å². The molecule has 0 radical (unpaired) electrons. The second-order valence-corrected chi connectivity index (χ2v) is 6.37. The van der Waals surface area contributed by atoms with E-state index in [1.54, 1.807) is 18.4 Å². The first-order valence-electron chi connectivity index (χ1n) is 7.89. The van der Waals surface area contributed by atoms with Crippen molar-refractivity contribution >= 4 is 23.3 Å². The largest absolute Gasteiger partial charge is 0.466 e. The third-order valence-electron chi connectivity index (χ3n) is 3.79. The van der Waals surface area contributed by atoms with Crippen molar-refractivity contribution in [1.82, 2.24) is 10.2 Å². The number of guanidine groups is 1. The van der Waals surface area contributed by atoms with Crippen molar-refractivity contribution < 1.29 is 9.53 Å². The molecule has 1 unspecified atom stereocenters. The highest BCUT2D eigenvalue weighted by Gasteiger charge is 2.28. The third-order valence-corrected chi connectivity index (χ3v) is 4.72. The van der Waals surface area contributed by atoms with Gasteiger partial charge in [0.1, 0.15) is 0 Å². The van der Waals surface area contributed by atoms with E-state index in [9.17, 15) is 4.79 Å². The van der Waals surface area contributed by atoms with E-state index in [4.69, 9.17) is 4.74 Å². The molecule has 0 spiro atoms. The van der Waals surface area contributed by atoms with Gasteiger partial charge in [-0.05, 0) is 37.6 Å². The highest BCUT2D eigenvalue weighted by atomic mass is 32.1. The van der Waals surface area contributed by atoms with Crippen LogP contribution in [0.4, 0.5) is 0 Å². The van der Waals surface area contributed by atoms with Crippen LogP contribution in [0.5, 0.6) is 0 Å². The zero-order valence-corrected chi connectivity index (χ0v) is 14.2. The highest BCUT2D eigenvalue weighted by Crippen LogP contribution is 2.18. The van der Waals surface area contributed by atoms with Crippen LogP contribution in [0, 0.1) is 5.92 Å². The Morgan fingerprint density at radius 3 is 3.14 bits per heavy atom. The number of piperidine rings is 1. The van der Waals surface area contributed by atoms with Gasteiger partial charge in [0.05, 0.1) is 12.5 Å². The second-order valence-electron chi connectivity index (χ2n) is 5.34. The molecule has 0 aliphatic carbocycles. The molecule has 2 rings (SSSR count). The van der Waals surface area contributed by atoms with E-state index < -0.39 is 0 Å². The molecule has 2 heterocycles. The van der Waals surface area contributed by atoms with E-state index in [2.05, 4.69) is 32.7 Å². The average Bonchev–Trinajstić information content (AvgIpc) is 3.05. The van der Waals surface area contributed by atoms with Crippen molar-refractivity contribution in [3.63, 3.8) is 0 Å². The minimum absolute atomic E-state index is 0.0375. The van der Waals surface area contributed by atoms with E-state index in [1.165, 1.54) is 4.88 Å². The summed E-state index contributed by atoms with van der Waals surface area (Å²) in [6.07, 6.45) is 2.89. The first-order valence-corrected chi connectivity index (χ1v) is 8.77. The van der Waals surface area contributed by atoms with Gasteiger partial charge in [0.15, 0.2) is 5.96 Å². The summed E-state index contributed by atoms with van der Waals surface area (Å²) in [4.78, 5) is 19.8. The van der Waals surface area contributed by atoms with Crippen molar-refractivity contribution in [1.29, 1.82) is 0 Å². The van der Waals surface area contributed by atoms with Gasteiger partial charge in [-0.3, -0.25) is 9.79 Å². The minimum atomic E-state index is -0.0822. The van der Waals surface area contributed by atoms with Crippen molar-refractivity contribution in [3.05, 3.63) is 22.4 Å². The maximum atomic E-state index is 11.9. The molecule has 1 aromatic heterocycles. The van der Waals surface area contributed by atoms with Crippen LogP contribution in [0.3, 0.4) is 0 Å². The van der Waals surface area contributed by atoms with Gasteiger partial charge >= 0.3 is 5.97 Å². The molecular formula is C16H25N3O2S. The number of likely N-dealkylation sites (tertiary alicyclic amines) is 1. The van der Waals surface area contributed by atoms with Gasteiger partial charge in [-0.25, -0.2) is 0 Å². The number of aliphatic imine (C=N–C) groups is 1. The lowest BCUT2D eigenvalue weighted by atomic mass is 9.98. The summed E-state index contributed by atoms with van der Waals surface area (Å²) in [5.74, 6) is 0.760. The molecular weight excluding hydrogens is 298 g/mol. The van der Waals surface area contributed by atoms with Crippen molar-refractivity contribution in [3.8, 4) is 0 Å². The van der Waals surface area contributed by atoms with Gasteiger partial charge < -0.3 is 15.0 Å². The van der Waals surface area contributed by atoms with Gasteiger partial charge in [0.2, 0.25) is 0 Å². The van der Waals surface area contributed by atoms with Gasteiger partial charge in [0.25, 0.3) is 0 Å². The minimum Gasteiger partial charge on any atom is -0.466 e. The molecule has 0 bridgehead atoms. The lowest BCUT2D eigenvalue weighted by Gasteiger charge is -2.33. The molecule has 122 valence electrons. The van der Waals surface area contributed by atoms with Crippen molar-refractivity contribution in [2.75, 3.05) is 33.3 Å². The van der Waals surface area contributed by atoms with E-state index in [0.29, 0.717) is 13.2 Å². The van der Waals surface area contributed by atoms with Crippen LogP contribution < -0.4 is 5.32 Å². The lowest BCUT2D eigenvalue weighted by molar-refractivity contribution is -0.149. The quantitative estimate of drug-likeness (QED) is 0.512. The Balaban J connectivity index is 1.83. The number of nitrogens with zero attached hydrogens (tertiary/aromatic N) is 2. The Kier molecular flexibility index (Phi) is 6.71. The van der Waals surface area contributed by atoms with E-state index in [1.807, 2.05) is 6.92 Å². The maximum Gasteiger partial charge on any atom is 0.310 e. The van der Waals surface area contributed by atoms with Gasteiger partial charge in [0, 0.05) is 31.6 Å². The average molecular weight is 323 g/mol. The van der Waals surface area contributed by atoms with E-state index in [-0.39, 0.29) is 11.9 Å². The Hall–Kier alpha value is -1.56. The van der Waals surface area contributed by atoms with Crippen LogP contribution in [0.2, 0.25) is 0 Å². The first-order chi connectivity index (χ1) is 10.7. The molecule has 1 saturated heterocycles. The Morgan fingerprint density at radius 2 is 2.45 bits per heavy atom. The third kappa shape index (κ3) is 4.73. The molecule has 1 aliphatic rings. The molecule has 1 N–H and O–H groups in total. The summed E-state index contributed by atoms with van der Waals surface area (Å²) in [6.45, 7) is 4.78. The molecule has 1 aliphatic heterocycles.